The average molecular weight is 261 g/mol. The Labute approximate surface area is 115 Å². The van der Waals surface area contributed by atoms with E-state index in [0.29, 0.717) is 11.6 Å². The average Bonchev–Trinajstić information content (AvgIpc) is 2.40. The number of aromatic nitrogens is 1. The Balaban J connectivity index is 2.08. The van der Waals surface area contributed by atoms with Gasteiger partial charge in [-0.1, -0.05) is 19.3 Å². The number of carbonyl (C=O) groups excluding carboxylic acids is 1. The van der Waals surface area contributed by atoms with Crippen LogP contribution in [0, 0.1) is 6.92 Å². The van der Waals surface area contributed by atoms with Gasteiger partial charge in [-0.2, -0.15) is 0 Å². The molecule has 2 N–H and O–H groups in total. The quantitative estimate of drug-likeness (QED) is 0.876. The number of aryl methyl sites for hydroxylation is 1. The third-order valence-electron chi connectivity index (χ3n) is 3.59. The summed E-state index contributed by atoms with van der Waals surface area (Å²) in [4.78, 5) is 16.6. The first-order chi connectivity index (χ1) is 9.20. The van der Waals surface area contributed by atoms with Crippen LogP contribution in [-0.4, -0.2) is 23.5 Å². The van der Waals surface area contributed by atoms with E-state index in [1.165, 1.54) is 19.3 Å². The highest BCUT2D eigenvalue weighted by atomic mass is 16.1. The highest BCUT2D eigenvalue weighted by Crippen LogP contribution is 2.20. The van der Waals surface area contributed by atoms with E-state index in [9.17, 15) is 4.79 Å². The van der Waals surface area contributed by atoms with Crippen molar-refractivity contribution < 1.29 is 4.79 Å². The van der Waals surface area contributed by atoms with E-state index in [4.69, 9.17) is 0 Å². The molecule has 1 aliphatic rings. The lowest BCUT2D eigenvalue weighted by Gasteiger charge is -2.23. The summed E-state index contributed by atoms with van der Waals surface area (Å²) in [6.07, 6.45) is 7.60. The largest absolute Gasteiger partial charge is 0.385 e. The molecule has 104 valence electrons. The molecule has 0 unspecified atom stereocenters. The van der Waals surface area contributed by atoms with Crippen molar-refractivity contribution in [1.82, 2.24) is 10.3 Å². The maximum atomic E-state index is 12.3. The Morgan fingerprint density at radius 3 is 2.79 bits per heavy atom. The number of anilines is 1. The number of rotatable bonds is 4. The van der Waals surface area contributed by atoms with Gasteiger partial charge in [0.2, 0.25) is 0 Å². The van der Waals surface area contributed by atoms with Gasteiger partial charge in [-0.3, -0.25) is 9.78 Å². The van der Waals surface area contributed by atoms with E-state index in [0.717, 1.165) is 30.8 Å². The Hall–Kier alpha value is -1.58. The molecule has 1 heterocycles. The molecule has 0 bridgehead atoms. The topological polar surface area (TPSA) is 54.0 Å². The summed E-state index contributed by atoms with van der Waals surface area (Å²) in [7, 11) is 0. The molecule has 0 aliphatic heterocycles. The fourth-order valence-corrected chi connectivity index (χ4v) is 2.59. The van der Waals surface area contributed by atoms with Gasteiger partial charge >= 0.3 is 0 Å². The highest BCUT2D eigenvalue weighted by molar-refractivity contribution is 5.99. The van der Waals surface area contributed by atoms with Crippen LogP contribution in [0.1, 0.15) is 55.1 Å². The van der Waals surface area contributed by atoms with Gasteiger partial charge < -0.3 is 10.6 Å². The van der Waals surface area contributed by atoms with Gasteiger partial charge in [0.1, 0.15) is 0 Å². The first kappa shape index (κ1) is 13.8. The van der Waals surface area contributed by atoms with Crippen LogP contribution in [0.25, 0.3) is 0 Å². The molecule has 4 nitrogen and oxygen atoms in total. The van der Waals surface area contributed by atoms with Crippen LogP contribution >= 0.6 is 0 Å². The molecule has 1 aromatic rings. The Bertz CT molecular complexity index is 439. The van der Waals surface area contributed by atoms with E-state index in [1.807, 2.05) is 19.9 Å². The van der Waals surface area contributed by atoms with Gasteiger partial charge in [-0.05, 0) is 32.8 Å². The molecule has 1 aromatic heterocycles. The summed E-state index contributed by atoms with van der Waals surface area (Å²) in [6, 6.07) is 2.26. The van der Waals surface area contributed by atoms with Gasteiger partial charge in [0.15, 0.2) is 0 Å². The van der Waals surface area contributed by atoms with Crippen molar-refractivity contribution in [2.75, 3.05) is 11.9 Å². The molecular weight excluding hydrogens is 238 g/mol. The zero-order valence-corrected chi connectivity index (χ0v) is 11.8. The van der Waals surface area contributed by atoms with Gasteiger partial charge in [-0.25, -0.2) is 0 Å². The van der Waals surface area contributed by atoms with Crippen LogP contribution in [0.3, 0.4) is 0 Å². The molecule has 1 aliphatic carbocycles. The summed E-state index contributed by atoms with van der Waals surface area (Å²) in [5.74, 6) is -0.00431. The van der Waals surface area contributed by atoms with Crippen LogP contribution in [0.4, 0.5) is 5.69 Å². The second-order valence-electron chi connectivity index (χ2n) is 5.21. The fraction of sp³-hybridized carbons (Fsp3) is 0.600. The number of carbonyl (C=O) groups is 1. The zero-order chi connectivity index (χ0) is 13.7. The molecule has 0 aromatic carbocycles. The third-order valence-corrected chi connectivity index (χ3v) is 3.59. The van der Waals surface area contributed by atoms with Crippen molar-refractivity contribution in [3.63, 3.8) is 0 Å². The van der Waals surface area contributed by atoms with Gasteiger partial charge in [0, 0.05) is 24.5 Å². The number of nitrogens with zero attached hydrogens (tertiary/aromatic N) is 1. The molecule has 0 radical (unpaired) electrons. The van der Waals surface area contributed by atoms with Crippen molar-refractivity contribution in [2.24, 2.45) is 0 Å². The summed E-state index contributed by atoms with van der Waals surface area (Å²) in [5.41, 5.74) is 2.45. The van der Waals surface area contributed by atoms with Crippen molar-refractivity contribution in [3.8, 4) is 0 Å². The fourth-order valence-electron chi connectivity index (χ4n) is 2.59. The number of pyridine rings is 1. The lowest BCUT2D eigenvalue weighted by atomic mass is 9.95. The number of amides is 1. The number of hydrogen-bond acceptors (Lipinski definition) is 3. The Kier molecular flexibility index (Phi) is 4.77. The Morgan fingerprint density at radius 1 is 1.37 bits per heavy atom. The second-order valence-corrected chi connectivity index (χ2v) is 5.21. The lowest BCUT2D eigenvalue weighted by molar-refractivity contribution is 0.0928. The van der Waals surface area contributed by atoms with E-state index in [1.54, 1.807) is 6.20 Å². The van der Waals surface area contributed by atoms with Crippen LogP contribution < -0.4 is 10.6 Å². The van der Waals surface area contributed by atoms with Crippen molar-refractivity contribution >= 4 is 11.6 Å². The molecule has 1 amide bonds. The monoisotopic (exact) mass is 261 g/mol. The van der Waals surface area contributed by atoms with Crippen molar-refractivity contribution in [2.45, 2.75) is 52.0 Å². The molecule has 0 saturated heterocycles. The van der Waals surface area contributed by atoms with Crippen molar-refractivity contribution in [3.05, 3.63) is 23.5 Å². The van der Waals surface area contributed by atoms with Crippen LogP contribution in [0.5, 0.6) is 0 Å². The SMILES string of the molecule is CCNc1cc(C)ncc1C(=O)NC1CCCCC1. The second kappa shape index (κ2) is 6.55. The molecule has 1 saturated carbocycles. The molecule has 19 heavy (non-hydrogen) atoms. The van der Waals surface area contributed by atoms with Gasteiger partial charge in [0.05, 0.1) is 11.3 Å². The molecule has 1 fully saturated rings. The maximum absolute atomic E-state index is 12.3. The van der Waals surface area contributed by atoms with Gasteiger partial charge in [0.25, 0.3) is 5.91 Å². The maximum Gasteiger partial charge on any atom is 0.255 e. The minimum absolute atomic E-state index is 0.00431. The van der Waals surface area contributed by atoms with Crippen LogP contribution in [0.2, 0.25) is 0 Å². The van der Waals surface area contributed by atoms with E-state index < -0.39 is 0 Å². The highest BCUT2D eigenvalue weighted by Gasteiger charge is 2.18. The normalized spacial score (nSPS) is 16.1. The zero-order valence-electron chi connectivity index (χ0n) is 11.8. The smallest absolute Gasteiger partial charge is 0.255 e. The predicted octanol–water partition coefficient (Wildman–Crippen LogP) is 2.88. The van der Waals surface area contributed by atoms with E-state index in [2.05, 4.69) is 15.6 Å². The van der Waals surface area contributed by atoms with E-state index in [-0.39, 0.29) is 5.91 Å². The first-order valence-electron chi connectivity index (χ1n) is 7.22. The number of nitrogens with one attached hydrogen (secondary N) is 2. The van der Waals surface area contributed by atoms with E-state index >= 15 is 0 Å². The van der Waals surface area contributed by atoms with Gasteiger partial charge in [-0.15, -0.1) is 0 Å². The minimum atomic E-state index is -0.00431. The molecule has 4 heteroatoms. The molecule has 2 rings (SSSR count). The van der Waals surface area contributed by atoms with Crippen molar-refractivity contribution in [1.29, 1.82) is 0 Å². The van der Waals surface area contributed by atoms with Crippen LogP contribution in [-0.2, 0) is 0 Å². The standard InChI is InChI=1S/C15H23N3O/c1-3-16-14-9-11(2)17-10-13(14)15(19)18-12-7-5-4-6-8-12/h9-10,12H,3-8H2,1-2H3,(H,16,17)(H,18,19). The summed E-state index contributed by atoms with van der Waals surface area (Å²) in [5, 5.41) is 6.37. The predicted molar refractivity (Wildman–Crippen MR) is 77.5 cm³/mol. The molecule has 0 spiro atoms. The number of hydrogen-bond donors (Lipinski definition) is 2. The summed E-state index contributed by atoms with van der Waals surface area (Å²) >= 11 is 0. The lowest BCUT2D eigenvalue weighted by Crippen LogP contribution is -2.36. The summed E-state index contributed by atoms with van der Waals surface area (Å²) in [6.45, 7) is 4.76. The first-order valence-corrected chi connectivity index (χ1v) is 7.22. The molecule has 0 atom stereocenters. The molecular formula is C15H23N3O. The Morgan fingerprint density at radius 2 is 2.11 bits per heavy atom. The minimum Gasteiger partial charge on any atom is -0.385 e. The third kappa shape index (κ3) is 3.69. The summed E-state index contributed by atoms with van der Waals surface area (Å²) < 4.78 is 0. The van der Waals surface area contributed by atoms with Crippen LogP contribution in [0.15, 0.2) is 12.3 Å².